The van der Waals surface area contributed by atoms with Crippen LogP contribution in [0.25, 0.3) is 0 Å². The molecule has 1 heteroatoms. The van der Waals surface area contributed by atoms with Crippen molar-refractivity contribution in [1.29, 1.82) is 0 Å². The smallest absolute Gasteiger partial charge is 0.161 e. The van der Waals surface area contributed by atoms with Crippen LogP contribution in [0.1, 0.15) is 51.9 Å². The third-order valence-corrected chi connectivity index (χ3v) is 3.66. The van der Waals surface area contributed by atoms with E-state index >= 15 is 0 Å². The highest BCUT2D eigenvalue weighted by molar-refractivity contribution is 5.97. The molecule has 0 aliphatic heterocycles. The van der Waals surface area contributed by atoms with Crippen LogP contribution >= 0.6 is 0 Å². The van der Waals surface area contributed by atoms with Crippen LogP contribution in [0, 0.1) is 11.8 Å². The lowest BCUT2D eigenvalue weighted by atomic mass is 9.78. The first-order valence-electron chi connectivity index (χ1n) is 6.00. The summed E-state index contributed by atoms with van der Waals surface area (Å²) in [5.74, 6) is 1.61. The second kappa shape index (κ2) is 4.29. The predicted molar refractivity (Wildman–Crippen MR) is 58.1 cm³/mol. The number of carbonyl (C=O) groups excluding carboxylic acids is 1. The van der Waals surface area contributed by atoms with Crippen LogP contribution in [0.15, 0.2) is 11.6 Å². The fourth-order valence-corrected chi connectivity index (χ4v) is 2.83. The Balaban J connectivity index is 1.96. The van der Waals surface area contributed by atoms with Crippen LogP contribution in [0.3, 0.4) is 0 Å². The standard InChI is InChI=1S/C13H20O/c1-10-5-4-8-12(9-10)13(14)11-6-2-3-7-11/h6,10,12H,2-5,7-9H2,1H3. The Bertz CT molecular complexity index is 252. The summed E-state index contributed by atoms with van der Waals surface area (Å²) in [6.07, 6.45) is 10.4. The van der Waals surface area contributed by atoms with Crippen LogP contribution < -0.4 is 0 Å². The molecule has 0 radical (unpaired) electrons. The first kappa shape index (κ1) is 9.95. The van der Waals surface area contributed by atoms with Gasteiger partial charge >= 0.3 is 0 Å². The Labute approximate surface area is 86.6 Å². The van der Waals surface area contributed by atoms with Gasteiger partial charge in [-0.2, -0.15) is 0 Å². The van der Waals surface area contributed by atoms with Crippen molar-refractivity contribution in [3.63, 3.8) is 0 Å². The van der Waals surface area contributed by atoms with Crippen molar-refractivity contribution < 1.29 is 4.79 Å². The van der Waals surface area contributed by atoms with Gasteiger partial charge in [0.1, 0.15) is 0 Å². The van der Waals surface area contributed by atoms with Gasteiger partial charge in [-0.3, -0.25) is 4.79 Å². The third kappa shape index (κ3) is 2.08. The van der Waals surface area contributed by atoms with E-state index in [0.717, 1.165) is 37.2 Å². The molecule has 0 saturated heterocycles. The van der Waals surface area contributed by atoms with E-state index in [-0.39, 0.29) is 0 Å². The number of allylic oxidation sites excluding steroid dienone is 2. The topological polar surface area (TPSA) is 17.1 Å². The van der Waals surface area contributed by atoms with Crippen molar-refractivity contribution in [2.75, 3.05) is 0 Å². The predicted octanol–water partition coefficient (Wildman–Crippen LogP) is 3.49. The van der Waals surface area contributed by atoms with Crippen LogP contribution in [-0.4, -0.2) is 5.78 Å². The van der Waals surface area contributed by atoms with E-state index in [9.17, 15) is 4.79 Å². The molecule has 0 bridgehead atoms. The zero-order chi connectivity index (χ0) is 9.97. The van der Waals surface area contributed by atoms with Gasteiger partial charge in [0.25, 0.3) is 0 Å². The number of rotatable bonds is 2. The van der Waals surface area contributed by atoms with Gasteiger partial charge in [0.2, 0.25) is 0 Å². The summed E-state index contributed by atoms with van der Waals surface area (Å²) in [5.41, 5.74) is 1.14. The first-order chi connectivity index (χ1) is 6.77. The molecule has 0 amide bonds. The number of Topliss-reactive ketones (excluding diaryl/α,β-unsaturated/α-hetero) is 1. The lowest BCUT2D eigenvalue weighted by Gasteiger charge is -2.25. The van der Waals surface area contributed by atoms with Crippen LogP contribution in [0.4, 0.5) is 0 Å². The summed E-state index contributed by atoms with van der Waals surface area (Å²) < 4.78 is 0. The van der Waals surface area contributed by atoms with Gasteiger partial charge in [-0.05, 0) is 43.6 Å². The highest BCUT2D eigenvalue weighted by Gasteiger charge is 2.27. The average molecular weight is 192 g/mol. The summed E-state index contributed by atoms with van der Waals surface area (Å²) in [5, 5.41) is 0. The van der Waals surface area contributed by atoms with E-state index in [0.29, 0.717) is 11.7 Å². The second-order valence-corrected chi connectivity index (χ2v) is 4.95. The number of hydrogen-bond donors (Lipinski definition) is 0. The Morgan fingerprint density at radius 3 is 2.86 bits per heavy atom. The maximum absolute atomic E-state index is 12.1. The molecule has 2 atom stereocenters. The first-order valence-corrected chi connectivity index (χ1v) is 6.00. The molecule has 2 aliphatic rings. The van der Waals surface area contributed by atoms with Gasteiger partial charge in [-0.25, -0.2) is 0 Å². The summed E-state index contributed by atoms with van der Waals surface area (Å²) in [4.78, 5) is 12.1. The van der Waals surface area contributed by atoms with E-state index in [4.69, 9.17) is 0 Å². The van der Waals surface area contributed by atoms with Gasteiger partial charge in [-0.15, -0.1) is 0 Å². The Kier molecular flexibility index (Phi) is 3.05. The molecule has 14 heavy (non-hydrogen) atoms. The zero-order valence-electron chi connectivity index (χ0n) is 9.09. The van der Waals surface area contributed by atoms with E-state index in [1.807, 2.05) is 0 Å². The maximum Gasteiger partial charge on any atom is 0.161 e. The number of carbonyl (C=O) groups is 1. The van der Waals surface area contributed by atoms with Crippen molar-refractivity contribution in [3.8, 4) is 0 Å². The van der Waals surface area contributed by atoms with Crippen LogP contribution in [0.2, 0.25) is 0 Å². The fourth-order valence-electron chi connectivity index (χ4n) is 2.83. The van der Waals surface area contributed by atoms with Gasteiger partial charge < -0.3 is 0 Å². The molecule has 2 aliphatic carbocycles. The Morgan fingerprint density at radius 2 is 2.21 bits per heavy atom. The summed E-state index contributed by atoms with van der Waals surface area (Å²) >= 11 is 0. The largest absolute Gasteiger partial charge is 0.294 e. The molecule has 1 saturated carbocycles. The Morgan fingerprint density at radius 1 is 1.36 bits per heavy atom. The molecule has 78 valence electrons. The van der Waals surface area contributed by atoms with Crippen molar-refractivity contribution in [2.45, 2.75) is 51.9 Å². The lowest BCUT2D eigenvalue weighted by Crippen LogP contribution is -2.22. The van der Waals surface area contributed by atoms with E-state index < -0.39 is 0 Å². The van der Waals surface area contributed by atoms with Crippen molar-refractivity contribution >= 4 is 5.78 Å². The SMILES string of the molecule is CC1CCCC(C(=O)C2=CCCC2)C1. The molecule has 0 aromatic rings. The van der Waals surface area contributed by atoms with E-state index in [1.165, 1.54) is 19.3 Å². The zero-order valence-corrected chi connectivity index (χ0v) is 9.09. The van der Waals surface area contributed by atoms with E-state index in [2.05, 4.69) is 13.0 Å². The minimum Gasteiger partial charge on any atom is -0.294 e. The Hall–Kier alpha value is -0.590. The monoisotopic (exact) mass is 192 g/mol. The van der Waals surface area contributed by atoms with Gasteiger partial charge in [-0.1, -0.05) is 25.8 Å². The third-order valence-electron chi connectivity index (χ3n) is 3.66. The summed E-state index contributed by atoms with van der Waals surface area (Å²) in [7, 11) is 0. The van der Waals surface area contributed by atoms with Gasteiger partial charge in [0.15, 0.2) is 5.78 Å². The molecule has 2 unspecified atom stereocenters. The lowest BCUT2D eigenvalue weighted by molar-refractivity contribution is -0.120. The molecule has 1 fully saturated rings. The minimum absolute atomic E-state index is 0.364. The van der Waals surface area contributed by atoms with Crippen LogP contribution in [0.5, 0.6) is 0 Å². The maximum atomic E-state index is 12.1. The molecule has 0 aromatic heterocycles. The molecular weight excluding hydrogens is 172 g/mol. The van der Waals surface area contributed by atoms with Crippen LogP contribution in [-0.2, 0) is 4.79 Å². The summed E-state index contributed by atoms with van der Waals surface area (Å²) in [6, 6.07) is 0. The second-order valence-electron chi connectivity index (χ2n) is 4.95. The van der Waals surface area contributed by atoms with Crippen molar-refractivity contribution in [1.82, 2.24) is 0 Å². The molecular formula is C13H20O. The summed E-state index contributed by atoms with van der Waals surface area (Å²) in [6.45, 7) is 2.28. The number of ketones is 1. The van der Waals surface area contributed by atoms with Gasteiger partial charge in [0, 0.05) is 5.92 Å². The van der Waals surface area contributed by atoms with Crippen molar-refractivity contribution in [3.05, 3.63) is 11.6 Å². The highest BCUT2D eigenvalue weighted by atomic mass is 16.1. The average Bonchev–Trinajstić information content (AvgIpc) is 2.69. The van der Waals surface area contributed by atoms with Gasteiger partial charge in [0.05, 0.1) is 0 Å². The minimum atomic E-state index is 0.364. The number of hydrogen-bond acceptors (Lipinski definition) is 1. The molecule has 0 N–H and O–H groups in total. The molecule has 2 rings (SSSR count). The quantitative estimate of drug-likeness (QED) is 0.654. The van der Waals surface area contributed by atoms with E-state index in [1.54, 1.807) is 0 Å². The molecule has 1 nitrogen and oxygen atoms in total. The molecule has 0 aromatic carbocycles. The highest BCUT2D eigenvalue weighted by Crippen LogP contribution is 2.32. The van der Waals surface area contributed by atoms with Crippen molar-refractivity contribution in [2.24, 2.45) is 11.8 Å². The molecule has 0 spiro atoms. The fraction of sp³-hybridized carbons (Fsp3) is 0.769. The normalized spacial score (nSPS) is 32.8. The molecule has 0 heterocycles.